The molecule has 5 nitrogen and oxygen atoms in total. The Kier molecular flexibility index (Phi) is 23.9. The predicted octanol–water partition coefficient (Wildman–Crippen LogP) is 3.97. The summed E-state index contributed by atoms with van der Waals surface area (Å²) in [6, 6.07) is 0. The van der Waals surface area contributed by atoms with Gasteiger partial charge in [0, 0.05) is 0 Å². The summed E-state index contributed by atoms with van der Waals surface area (Å²) in [4.78, 5) is 18.4. The molecular formula is C10H22O5. The molecule has 5 heteroatoms. The van der Waals surface area contributed by atoms with Crippen molar-refractivity contribution in [2.24, 2.45) is 0 Å². The monoisotopic (exact) mass is 222 g/mol. The highest BCUT2D eigenvalue weighted by atomic mass is 16.7. The Bertz CT molecular complexity index is 125. The van der Waals surface area contributed by atoms with Crippen LogP contribution in [0.1, 0.15) is 53.4 Å². The first-order chi connectivity index (χ1) is 6.95. The summed E-state index contributed by atoms with van der Waals surface area (Å²) in [6.07, 6.45) is 1.65. The fourth-order valence-electron chi connectivity index (χ4n) is 0.0747. The van der Waals surface area contributed by atoms with E-state index in [1.165, 1.54) is 25.7 Å². The standard InChI is InChI=1S/2C4H10.C2H2O5/c2*1-3-4-2;3-1(4)7-2(5)6/h2*3-4H2,1-2H3;(H,3,4)(H,5,6). The summed E-state index contributed by atoms with van der Waals surface area (Å²) in [6.45, 7) is 8.72. The SMILES string of the molecule is CCCC.CCCC.O=C(O)OC(=O)O. The smallest absolute Gasteiger partial charge is 0.449 e. The number of unbranched alkanes of at least 4 members (excludes halogenated alkanes) is 2. The number of rotatable bonds is 2. The van der Waals surface area contributed by atoms with Crippen molar-refractivity contribution in [2.45, 2.75) is 53.4 Å². The van der Waals surface area contributed by atoms with Gasteiger partial charge in [0.15, 0.2) is 0 Å². The van der Waals surface area contributed by atoms with E-state index in [1.807, 2.05) is 0 Å². The van der Waals surface area contributed by atoms with Gasteiger partial charge in [0.05, 0.1) is 0 Å². The van der Waals surface area contributed by atoms with Crippen LogP contribution in [0.3, 0.4) is 0 Å². The van der Waals surface area contributed by atoms with Crippen LogP contribution in [0.2, 0.25) is 0 Å². The first-order valence-corrected chi connectivity index (χ1v) is 5.09. The molecule has 0 fully saturated rings. The summed E-state index contributed by atoms with van der Waals surface area (Å²) in [7, 11) is 0. The van der Waals surface area contributed by atoms with Gasteiger partial charge in [-0.05, 0) is 0 Å². The zero-order valence-electron chi connectivity index (χ0n) is 9.95. The molecule has 0 radical (unpaired) electrons. The number of carboxylic acid groups (broad SMARTS) is 2. The second-order valence-corrected chi connectivity index (χ2v) is 2.63. The summed E-state index contributed by atoms with van der Waals surface area (Å²) < 4.78 is 3.08. The lowest BCUT2D eigenvalue weighted by Gasteiger charge is -1.84. The van der Waals surface area contributed by atoms with E-state index in [-0.39, 0.29) is 0 Å². The van der Waals surface area contributed by atoms with Gasteiger partial charge >= 0.3 is 12.3 Å². The molecule has 15 heavy (non-hydrogen) atoms. The molecule has 0 spiro atoms. The highest BCUT2D eigenvalue weighted by molar-refractivity contribution is 5.74. The van der Waals surface area contributed by atoms with Gasteiger partial charge < -0.3 is 14.9 Å². The van der Waals surface area contributed by atoms with Gasteiger partial charge in [-0.25, -0.2) is 9.59 Å². The molecule has 0 aliphatic carbocycles. The maximum Gasteiger partial charge on any atom is 0.516 e. The van der Waals surface area contributed by atoms with E-state index in [0.29, 0.717) is 0 Å². The molecule has 0 atom stereocenters. The highest BCUT2D eigenvalue weighted by Crippen LogP contribution is 1.77. The molecule has 0 aromatic heterocycles. The third-order valence-electron chi connectivity index (χ3n) is 1.17. The largest absolute Gasteiger partial charge is 0.516 e. The molecule has 0 aliphatic heterocycles. The topological polar surface area (TPSA) is 83.8 Å². The second kappa shape index (κ2) is 18.5. The van der Waals surface area contributed by atoms with Gasteiger partial charge in [0.2, 0.25) is 0 Å². The fourth-order valence-corrected chi connectivity index (χ4v) is 0.0747. The minimum absolute atomic E-state index is 1.32. The van der Waals surface area contributed by atoms with Crippen molar-refractivity contribution >= 4 is 12.3 Å². The zero-order chi connectivity index (χ0) is 12.7. The van der Waals surface area contributed by atoms with E-state index >= 15 is 0 Å². The Morgan fingerprint density at radius 1 is 0.800 bits per heavy atom. The van der Waals surface area contributed by atoms with E-state index < -0.39 is 12.3 Å². The van der Waals surface area contributed by atoms with Crippen molar-refractivity contribution in [2.75, 3.05) is 0 Å². The van der Waals surface area contributed by atoms with Gasteiger partial charge in [0.1, 0.15) is 0 Å². The number of hydrogen-bond acceptors (Lipinski definition) is 3. The minimum atomic E-state index is -1.81. The van der Waals surface area contributed by atoms with Gasteiger partial charge in [0.25, 0.3) is 0 Å². The molecule has 0 rings (SSSR count). The zero-order valence-corrected chi connectivity index (χ0v) is 9.95. The quantitative estimate of drug-likeness (QED) is 0.545. The van der Waals surface area contributed by atoms with E-state index in [0.717, 1.165) is 0 Å². The van der Waals surface area contributed by atoms with Crippen molar-refractivity contribution < 1.29 is 24.5 Å². The molecule has 2 N–H and O–H groups in total. The summed E-state index contributed by atoms with van der Waals surface area (Å²) in [5.41, 5.74) is 0. The Morgan fingerprint density at radius 2 is 1.00 bits per heavy atom. The third-order valence-corrected chi connectivity index (χ3v) is 1.17. The number of hydrogen-bond donors (Lipinski definition) is 2. The van der Waals surface area contributed by atoms with Crippen molar-refractivity contribution in [3.05, 3.63) is 0 Å². The number of carbonyl (C=O) groups is 2. The van der Waals surface area contributed by atoms with Crippen LogP contribution in [0.5, 0.6) is 0 Å². The maximum atomic E-state index is 9.21. The van der Waals surface area contributed by atoms with Crippen LogP contribution in [0.4, 0.5) is 9.59 Å². The molecule has 0 bridgehead atoms. The average Bonchev–Trinajstić information content (AvgIpc) is 2.16. The first kappa shape index (κ1) is 19.3. The van der Waals surface area contributed by atoms with E-state index in [1.54, 1.807) is 0 Å². The van der Waals surface area contributed by atoms with E-state index in [4.69, 9.17) is 10.2 Å². The molecular weight excluding hydrogens is 200 g/mol. The Morgan fingerprint density at radius 3 is 1.00 bits per heavy atom. The van der Waals surface area contributed by atoms with Crippen LogP contribution in [0.15, 0.2) is 0 Å². The lowest BCUT2D eigenvalue weighted by molar-refractivity contribution is 0.0802. The van der Waals surface area contributed by atoms with Gasteiger partial charge in [-0.15, -0.1) is 0 Å². The highest BCUT2D eigenvalue weighted by Gasteiger charge is 2.01. The molecule has 0 unspecified atom stereocenters. The van der Waals surface area contributed by atoms with Crippen LogP contribution in [0, 0.1) is 0 Å². The molecule has 0 saturated carbocycles. The van der Waals surface area contributed by atoms with Gasteiger partial charge in [-0.3, -0.25) is 0 Å². The normalized spacial score (nSPS) is 7.47. The number of ether oxygens (including phenoxy) is 1. The van der Waals surface area contributed by atoms with Crippen LogP contribution in [0.25, 0.3) is 0 Å². The van der Waals surface area contributed by atoms with Crippen molar-refractivity contribution in [3.8, 4) is 0 Å². The van der Waals surface area contributed by atoms with Crippen molar-refractivity contribution in [1.29, 1.82) is 0 Å². The van der Waals surface area contributed by atoms with Crippen molar-refractivity contribution in [3.63, 3.8) is 0 Å². The van der Waals surface area contributed by atoms with Crippen LogP contribution in [-0.4, -0.2) is 22.5 Å². The summed E-state index contributed by atoms with van der Waals surface area (Å²) >= 11 is 0. The second-order valence-electron chi connectivity index (χ2n) is 2.63. The van der Waals surface area contributed by atoms with Crippen LogP contribution in [-0.2, 0) is 4.74 Å². The average molecular weight is 222 g/mol. The fraction of sp³-hybridized carbons (Fsp3) is 0.800. The predicted molar refractivity (Wildman–Crippen MR) is 58.3 cm³/mol. The maximum absolute atomic E-state index is 9.21. The molecule has 92 valence electrons. The van der Waals surface area contributed by atoms with Gasteiger partial charge in [-0.2, -0.15) is 0 Å². The Labute approximate surface area is 91.1 Å². The first-order valence-electron chi connectivity index (χ1n) is 5.09. The molecule has 0 aliphatic rings. The molecule has 0 aromatic rings. The third kappa shape index (κ3) is 65.4. The minimum Gasteiger partial charge on any atom is -0.449 e. The van der Waals surface area contributed by atoms with Crippen molar-refractivity contribution in [1.82, 2.24) is 0 Å². The van der Waals surface area contributed by atoms with E-state index in [2.05, 4.69) is 32.4 Å². The molecule has 0 saturated heterocycles. The molecule has 0 aromatic carbocycles. The Hall–Kier alpha value is -1.26. The summed E-state index contributed by atoms with van der Waals surface area (Å²) in [5, 5.41) is 15.0. The molecule has 0 heterocycles. The van der Waals surface area contributed by atoms with Gasteiger partial charge in [-0.1, -0.05) is 53.4 Å². The van der Waals surface area contributed by atoms with Crippen LogP contribution < -0.4 is 0 Å². The lowest BCUT2D eigenvalue weighted by atomic mass is 10.4. The van der Waals surface area contributed by atoms with Crippen LogP contribution >= 0.6 is 0 Å². The molecule has 0 amide bonds. The Balaban J connectivity index is -0.000000155. The van der Waals surface area contributed by atoms with E-state index in [9.17, 15) is 9.59 Å². The lowest BCUT2D eigenvalue weighted by Crippen LogP contribution is -2.05. The summed E-state index contributed by atoms with van der Waals surface area (Å²) in [5.74, 6) is 0.